The van der Waals surface area contributed by atoms with Crippen LogP contribution in [0.4, 0.5) is 0 Å². The molecule has 0 amide bonds. The molecule has 5 nitrogen and oxygen atoms in total. The second-order valence-electron chi connectivity index (χ2n) is 7.01. The van der Waals surface area contributed by atoms with Crippen molar-refractivity contribution in [1.82, 2.24) is 9.38 Å². The lowest BCUT2D eigenvalue weighted by molar-refractivity contribution is -0.919. The van der Waals surface area contributed by atoms with Gasteiger partial charge in [-0.05, 0) is 40.2 Å². The lowest BCUT2D eigenvalue weighted by atomic mass is 9.97. The Balaban J connectivity index is 1.69. The van der Waals surface area contributed by atoms with Crippen LogP contribution in [0.25, 0.3) is 16.9 Å². The summed E-state index contributed by atoms with van der Waals surface area (Å²) in [5.74, 6) is -1.22. The number of fused-ring (bicyclic) bond motifs is 1. The summed E-state index contributed by atoms with van der Waals surface area (Å²) in [6, 6.07) is 12.2. The van der Waals surface area contributed by atoms with Crippen LogP contribution in [0.1, 0.15) is 18.5 Å². The van der Waals surface area contributed by atoms with Crippen LogP contribution in [0.3, 0.4) is 0 Å². The van der Waals surface area contributed by atoms with E-state index in [0.717, 1.165) is 51.2 Å². The Hall–Kier alpha value is -1.70. The number of hydrogen-bond acceptors (Lipinski definition) is 3. The van der Waals surface area contributed by atoms with Crippen LogP contribution in [0.2, 0.25) is 0 Å². The van der Waals surface area contributed by atoms with Gasteiger partial charge in [-0.2, -0.15) is 0 Å². The summed E-state index contributed by atoms with van der Waals surface area (Å²) in [6.07, 6.45) is 3.39. The minimum absolute atomic E-state index is 0.309. The highest BCUT2D eigenvalue weighted by molar-refractivity contribution is 9.10. The summed E-state index contributed by atoms with van der Waals surface area (Å²) in [6.45, 7) is 2.47. The number of piperidine rings is 1. The normalized spacial score (nSPS) is 20.1. The summed E-state index contributed by atoms with van der Waals surface area (Å²) < 4.78 is 4.18. The first-order valence-corrected chi connectivity index (χ1v) is 10.6. The maximum absolute atomic E-state index is 11.1. The molecule has 140 valence electrons. The van der Waals surface area contributed by atoms with Crippen molar-refractivity contribution in [3.63, 3.8) is 0 Å². The van der Waals surface area contributed by atoms with Crippen molar-refractivity contribution < 1.29 is 14.8 Å². The standard InChI is InChI=1S/C20H19Br2N3O2/c21-15-3-1-13(2-4-15)19-17(25-11-16(22)5-6-18(25)23-19)12-24-9-7-14(8-10-24)20(26)27/h1-6,11,14H,7-10,12H2,(H,26,27). The number of carbonyl (C=O) groups excluding carboxylic acids is 1. The molecule has 27 heavy (non-hydrogen) atoms. The van der Waals surface area contributed by atoms with Crippen molar-refractivity contribution in [3.8, 4) is 11.3 Å². The summed E-state index contributed by atoms with van der Waals surface area (Å²) in [7, 11) is 0. The van der Waals surface area contributed by atoms with E-state index in [4.69, 9.17) is 4.98 Å². The van der Waals surface area contributed by atoms with Crippen molar-refractivity contribution in [1.29, 1.82) is 0 Å². The van der Waals surface area contributed by atoms with E-state index < -0.39 is 5.97 Å². The fraction of sp³-hybridized carbons (Fsp3) is 0.300. The molecule has 0 bridgehead atoms. The van der Waals surface area contributed by atoms with E-state index in [0.29, 0.717) is 12.8 Å². The van der Waals surface area contributed by atoms with Gasteiger partial charge in [-0.25, -0.2) is 4.98 Å². The SMILES string of the molecule is O=C([O-])C1CC[NH+](Cc2c(-c3ccc(Br)cc3)nc3ccc(Br)cn23)CC1. The highest BCUT2D eigenvalue weighted by Gasteiger charge is 2.25. The van der Waals surface area contributed by atoms with Gasteiger partial charge in [0.15, 0.2) is 0 Å². The van der Waals surface area contributed by atoms with Gasteiger partial charge in [0.25, 0.3) is 0 Å². The summed E-state index contributed by atoms with van der Waals surface area (Å²) >= 11 is 7.05. The number of carboxylic acid groups (broad SMARTS) is 1. The molecule has 1 aliphatic rings. The number of carbonyl (C=O) groups is 1. The zero-order valence-electron chi connectivity index (χ0n) is 14.6. The van der Waals surface area contributed by atoms with Crippen LogP contribution in [-0.2, 0) is 11.3 Å². The fourth-order valence-corrected chi connectivity index (χ4v) is 4.35. The first kappa shape index (κ1) is 18.7. The Labute approximate surface area is 174 Å². The summed E-state index contributed by atoms with van der Waals surface area (Å²) in [5.41, 5.74) is 4.12. The fourth-order valence-electron chi connectivity index (χ4n) is 3.75. The van der Waals surface area contributed by atoms with Gasteiger partial charge in [-0.1, -0.05) is 28.1 Å². The van der Waals surface area contributed by atoms with E-state index in [-0.39, 0.29) is 5.92 Å². The number of nitrogens with one attached hydrogen (secondary N) is 1. The molecular formula is C20H19Br2N3O2. The Bertz CT molecular complexity index is 977. The lowest BCUT2D eigenvalue weighted by Crippen LogP contribution is -3.12. The Morgan fingerprint density at radius 3 is 2.44 bits per heavy atom. The number of hydrogen-bond donors (Lipinski definition) is 1. The van der Waals surface area contributed by atoms with Crippen LogP contribution in [0, 0.1) is 5.92 Å². The van der Waals surface area contributed by atoms with Gasteiger partial charge in [0.2, 0.25) is 0 Å². The number of quaternary nitrogens is 1. The molecule has 3 aromatic rings. The molecule has 0 spiro atoms. The molecule has 0 aliphatic carbocycles. The minimum atomic E-state index is -0.914. The molecule has 1 fully saturated rings. The van der Waals surface area contributed by atoms with Gasteiger partial charge in [-0.3, -0.25) is 4.40 Å². The number of likely N-dealkylation sites (tertiary alicyclic amines) is 1. The monoisotopic (exact) mass is 491 g/mol. The topological polar surface area (TPSA) is 61.9 Å². The zero-order chi connectivity index (χ0) is 19.0. The number of rotatable bonds is 4. The Morgan fingerprint density at radius 2 is 1.78 bits per heavy atom. The molecule has 4 rings (SSSR count). The quantitative estimate of drug-likeness (QED) is 0.606. The molecule has 1 N–H and O–H groups in total. The third kappa shape index (κ3) is 3.95. The van der Waals surface area contributed by atoms with E-state index in [2.05, 4.69) is 48.4 Å². The van der Waals surface area contributed by atoms with Crippen molar-refractivity contribution in [3.05, 3.63) is 57.2 Å². The van der Waals surface area contributed by atoms with Crippen LogP contribution in [0.15, 0.2) is 51.5 Å². The third-order valence-corrected chi connectivity index (χ3v) is 6.24. The second-order valence-corrected chi connectivity index (χ2v) is 8.84. The molecule has 1 aliphatic heterocycles. The molecule has 0 radical (unpaired) electrons. The van der Waals surface area contributed by atoms with Gasteiger partial charge in [-0.15, -0.1) is 0 Å². The Morgan fingerprint density at radius 1 is 1.11 bits per heavy atom. The average molecular weight is 493 g/mol. The van der Waals surface area contributed by atoms with Crippen molar-refractivity contribution in [2.45, 2.75) is 19.4 Å². The number of imidazole rings is 1. The first-order valence-electron chi connectivity index (χ1n) is 8.98. The van der Waals surface area contributed by atoms with Gasteiger partial charge in [0.1, 0.15) is 17.9 Å². The van der Waals surface area contributed by atoms with Gasteiger partial charge in [0.05, 0.1) is 18.8 Å². The van der Waals surface area contributed by atoms with Gasteiger partial charge >= 0.3 is 0 Å². The maximum Gasteiger partial charge on any atom is 0.137 e. The van der Waals surface area contributed by atoms with Crippen molar-refractivity contribution in [2.75, 3.05) is 13.1 Å². The minimum Gasteiger partial charge on any atom is -0.550 e. The van der Waals surface area contributed by atoms with Crippen LogP contribution >= 0.6 is 31.9 Å². The van der Waals surface area contributed by atoms with E-state index in [1.165, 1.54) is 4.90 Å². The summed E-state index contributed by atoms with van der Waals surface area (Å²) in [5, 5.41) is 11.1. The number of benzene rings is 1. The largest absolute Gasteiger partial charge is 0.550 e. The zero-order valence-corrected chi connectivity index (χ0v) is 17.8. The molecule has 1 aromatic carbocycles. The number of pyridine rings is 1. The van der Waals surface area contributed by atoms with Crippen molar-refractivity contribution >= 4 is 43.5 Å². The van der Waals surface area contributed by atoms with Crippen LogP contribution in [-0.4, -0.2) is 28.4 Å². The number of aromatic nitrogens is 2. The number of nitrogens with zero attached hydrogens (tertiary/aromatic N) is 2. The van der Waals surface area contributed by atoms with Crippen LogP contribution < -0.4 is 10.0 Å². The second kappa shape index (κ2) is 7.73. The van der Waals surface area contributed by atoms with Crippen molar-refractivity contribution in [2.24, 2.45) is 5.92 Å². The molecule has 0 atom stereocenters. The molecule has 0 unspecified atom stereocenters. The van der Waals surface area contributed by atoms with Gasteiger partial charge in [0, 0.05) is 45.4 Å². The molecular weight excluding hydrogens is 474 g/mol. The predicted molar refractivity (Wildman–Crippen MR) is 108 cm³/mol. The van der Waals surface area contributed by atoms with E-state index in [1.807, 2.05) is 30.5 Å². The first-order chi connectivity index (χ1) is 13.0. The average Bonchev–Trinajstić information content (AvgIpc) is 3.00. The number of carboxylic acids is 1. The highest BCUT2D eigenvalue weighted by Crippen LogP contribution is 2.27. The van der Waals surface area contributed by atoms with E-state index in [1.54, 1.807) is 0 Å². The molecule has 3 heterocycles. The third-order valence-electron chi connectivity index (χ3n) is 5.24. The van der Waals surface area contributed by atoms with E-state index >= 15 is 0 Å². The highest BCUT2D eigenvalue weighted by atomic mass is 79.9. The molecule has 7 heteroatoms. The number of aliphatic carboxylic acids is 1. The van der Waals surface area contributed by atoms with Gasteiger partial charge < -0.3 is 14.8 Å². The molecule has 2 aromatic heterocycles. The predicted octanol–water partition coefficient (Wildman–Crippen LogP) is 2.07. The van der Waals surface area contributed by atoms with Crippen LogP contribution in [0.5, 0.6) is 0 Å². The lowest BCUT2D eigenvalue weighted by Gasteiger charge is -2.29. The maximum atomic E-state index is 11.1. The molecule has 0 saturated carbocycles. The molecule has 1 saturated heterocycles. The smallest absolute Gasteiger partial charge is 0.137 e. The van der Waals surface area contributed by atoms with E-state index in [9.17, 15) is 9.90 Å². The summed E-state index contributed by atoms with van der Waals surface area (Å²) in [4.78, 5) is 17.4. The number of halogens is 2. The Kier molecular flexibility index (Phi) is 5.34.